The van der Waals surface area contributed by atoms with Crippen LogP contribution in [0.2, 0.25) is 0 Å². The van der Waals surface area contributed by atoms with Gasteiger partial charge in [0.05, 0.1) is 25.1 Å². The van der Waals surface area contributed by atoms with E-state index in [0.29, 0.717) is 50.0 Å². The Bertz CT molecular complexity index is 904. The fourth-order valence-electron chi connectivity index (χ4n) is 3.87. The molecule has 0 spiro atoms. The van der Waals surface area contributed by atoms with Gasteiger partial charge in [-0.15, -0.1) is 0 Å². The molecule has 160 valence electrons. The molecule has 8 nitrogen and oxygen atoms in total. The summed E-state index contributed by atoms with van der Waals surface area (Å²) < 4.78 is 16.7. The molecule has 0 bridgehead atoms. The van der Waals surface area contributed by atoms with E-state index in [1.807, 2.05) is 30.9 Å². The van der Waals surface area contributed by atoms with Crippen molar-refractivity contribution in [1.82, 2.24) is 9.80 Å². The summed E-state index contributed by atoms with van der Waals surface area (Å²) in [4.78, 5) is 28.8. The average Bonchev–Trinajstić information content (AvgIpc) is 3.37. The normalized spacial score (nSPS) is 18.6. The Balaban J connectivity index is 1.33. The first-order valence-electron chi connectivity index (χ1n) is 10.3. The third-order valence-corrected chi connectivity index (χ3v) is 5.33. The van der Waals surface area contributed by atoms with Crippen molar-refractivity contribution < 1.29 is 23.5 Å². The van der Waals surface area contributed by atoms with Gasteiger partial charge in [-0.1, -0.05) is 0 Å². The van der Waals surface area contributed by atoms with Gasteiger partial charge >= 0.3 is 0 Å². The summed E-state index contributed by atoms with van der Waals surface area (Å²) in [6.07, 6.45) is 2.46. The van der Waals surface area contributed by atoms with Crippen LogP contribution in [0.15, 0.2) is 34.9 Å². The van der Waals surface area contributed by atoms with Crippen molar-refractivity contribution in [3.63, 3.8) is 0 Å². The van der Waals surface area contributed by atoms with Crippen molar-refractivity contribution >= 4 is 17.5 Å². The van der Waals surface area contributed by atoms with Crippen LogP contribution in [-0.2, 0) is 11.2 Å². The maximum Gasteiger partial charge on any atom is 0.289 e. The molecule has 1 saturated heterocycles. The molecule has 8 heteroatoms. The molecule has 2 amide bonds. The summed E-state index contributed by atoms with van der Waals surface area (Å²) in [5.74, 6) is 1.57. The zero-order chi connectivity index (χ0) is 21.1. The first kappa shape index (κ1) is 20.3. The Labute approximate surface area is 175 Å². The molecule has 3 heterocycles. The minimum atomic E-state index is -0.118. The second-order valence-electron chi connectivity index (χ2n) is 7.62. The Morgan fingerprint density at radius 3 is 2.73 bits per heavy atom. The van der Waals surface area contributed by atoms with E-state index in [0.717, 1.165) is 17.7 Å². The van der Waals surface area contributed by atoms with E-state index >= 15 is 0 Å². The van der Waals surface area contributed by atoms with Crippen LogP contribution in [0.1, 0.15) is 30.0 Å². The Morgan fingerprint density at radius 2 is 2.03 bits per heavy atom. The molecule has 1 atom stereocenters. The average molecular weight is 413 g/mol. The van der Waals surface area contributed by atoms with Gasteiger partial charge in [-0.25, -0.2) is 0 Å². The van der Waals surface area contributed by atoms with E-state index in [1.165, 1.54) is 6.26 Å². The van der Waals surface area contributed by atoms with Crippen molar-refractivity contribution in [3.05, 3.63) is 41.9 Å². The highest BCUT2D eigenvalue weighted by molar-refractivity contribution is 5.94. The van der Waals surface area contributed by atoms with Crippen LogP contribution in [0.25, 0.3) is 0 Å². The van der Waals surface area contributed by atoms with Crippen molar-refractivity contribution in [1.29, 1.82) is 0 Å². The molecule has 0 saturated carbocycles. The largest absolute Gasteiger partial charge is 0.492 e. The van der Waals surface area contributed by atoms with Crippen LogP contribution in [0.5, 0.6) is 11.5 Å². The van der Waals surface area contributed by atoms with Crippen LogP contribution >= 0.6 is 0 Å². The van der Waals surface area contributed by atoms with Crippen LogP contribution in [0.3, 0.4) is 0 Å². The molecule has 4 rings (SSSR count). The molecule has 0 unspecified atom stereocenters. The zero-order valence-electron chi connectivity index (χ0n) is 17.3. The van der Waals surface area contributed by atoms with Crippen LogP contribution in [-0.4, -0.2) is 67.0 Å². The molecular weight excluding hydrogens is 386 g/mol. The lowest BCUT2D eigenvalue weighted by Crippen LogP contribution is -2.50. The van der Waals surface area contributed by atoms with Gasteiger partial charge in [0.15, 0.2) is 5.76 Å². The number of amides is 2. The SMILES string of the molecule is CCOc1cc2c(cc1NC(=O)CN1CCN(C(=O)c3ccco3)CC1)O[C@H](C)C2. The molecule has 0 aliphatic carbocycles. The Kier molecular flexibility index (Phi) is 5.94. The van der Waals surface area contributed by atoms with Crippen LogP contribution < -0.4 is 14.8 Å². The lowest BCUT2D eigenvalue weighted by molar-refractivity contribution is -0.117. The molecule has 0 radical (unpaired) electrons. The Hall–Kier alpha value is -3.00. The summed E-state index contributed by atoms with van der Waals surface area (Å²) in [5, 5.41) is 2.96. The predicted octanol–water partition coefficient (Wildman–Crippen LogP) is 2.40. The number of hydrogen-bond acceptors (Lipinski definition) is 6. The number of fused-ring (bicyclic) bond motifs is 1. The molecule has 2 aromatic rings. The highest BCUT2D eigenvalue weighted by atomic mass is 16.5. The molecule has 1 aromatic heterocycles. The topological polar surface area (TPSA) is 84.3 Å². The first-order valence-corrected chi connectivity index (χ1v) is 10.3. The highest BCUT2D eigenvalue weighted by Gasteiger charge is 2.26. The molecular formula is C22H27N3O5. The molecule has 1 aromatic carbocycles. The third-order valence-electron chi connectivity index (χ3n) is 5.33. The van der Waals surface area contributed by atoms with E-state index in [9.17, 15) is 9.59 Å². The summed E-state index contributed by atoms with van der Waals surface area (Å²) in [5.41, 5.74) is 1.72. The van der Waals surface area contributed by atoms with Crippen LogP contribution in [0.4, 0.5) is 5.69 Å². The number of nitrogens with one attached hydrogen (secondary N) is 1. The molecule has 1 fully saturated rings. The van der Waals surface area contributed by atoms with Gasteiger partial charge in [0.25, 0.3) is 5.91 Å². The first-order chi connectivity index (χ1) is 14.5. The fraction of sp³-hybridized carbons (Fsp3) is 0.455. The van der Waals surface area contributed by atoms with Gasteiger partial charge < -0.3 is 24.1 Å². The van der Waals surface area contributed by atoms with Gasteiger partial charge in [-0.3, -0.25) is 14.5 Å². The number of piperazine rings is 1. The molecule has 2 aliphatic heterocycles. The number of anilines is 1. The van der Waals surface area contributed by atoms with Crippen molar-refractivity contribution in [3.8, 4) is 11.5 Å². The number of carbonyl (C=O) groups is 2. The predicted molar refractivity (Wildman–Crippen MR) is 111 cm³/mol. The molecule has 2 aliphatic rings. The number of rotatable bonds is 6. The van der Waals surface area contributed by atoms with E-state index < -0.39 is 0 Å². The van der Waals surface area contributed by atoms with E-state index in [-0.39, 0.29) is 24.5 Å². The zero-order valence-corrected chi connectivity index (χ0v) is 17.3. The third kappa shape index (κ3) is 4.43. The number of benzene rings is 1. The van der Waals surface area contributed by atoms with Crippen molar-refractivity contribution in [2.75, 3.05) is 44.6 Å². The van der Waals surface area contributed by atoms with E-state index in [2.05, 4.69) is 5.32 Å². The number of hydrogen-bond donors (Lipinski definition) is 1. The number of carbonyl (C=O) groups excluding carboxylic acids is 2. The van der Waals surface area contributed by atoms with Gasteiger partial charge in [-0.2, -0.15) is 0 Å². The summed E-state index contributed by atoms with van der Waals surface area (Å²) in [6, 6.07) is 7.17. The quantitative estimate of drug-likeness (QED) is 0.783. The number of furan rings is 1. The second-order valence-corrected chi connectivity index (χ2v) is 7.62. The maximum absolute atomic E-state index is 12.7. The second kappa shape index (κ2) is 8.79. The highest BCUT2D eigenvalue weighted by Crippen LogP contribution is 2.38. The molecule has 30 heavy (non-hydrogen) atoms. The Morgan fingerprint density at radius 1 is 1.23 bits per heavy atom. The van der Waals surface area contributed by atoms with Crippen molar-refractivity contribution in [2.45, 2.75) is 26.4 Å². The van der Waals surface area contributed by atoms with Crippen LogP contribution in [0, 0.1) is 0 Å². The lowest BCUT2D eigenvalue weighted by Gasteiger charge is -2.33. The number of ether oxygens (including phenoxy) is 2. The van der Waals surface area contributed by atoms with Gasteiger partial charge in [0, 0.05) is 44.2 Å². The fourth-order valence-corrected chi connectivity index (χ4v) is 3.87. The standard InChI is InChI=1S/C22H27N3O5/c1-3-28-20-12-16-11-15(2)30-19(16)13-17(20)23-21(26)14-24-6-8-25(9-7-24)22(27)18-5-4-10-29-18/h4-5,10,12-13,15H,3,6-9,11,14H2,1-2H3,(H,23,26)/t15-/m1/s1. The van der Waals surface area contributed by atoms with E-state index in [4.69, 9.17) is 13.9 Å². The number of nitrogens with zero attached hydrogens (tertiary/aromatic N) is 2. The molecule has 1 N–H and O–H groups in total. The van der Waals surface area contributed by atoms with Crippen molar-refractivity contribution in [2.24, 2.45) is 0 Å². The summed E-state index contributed by atoms with van der Waals surface area (Å²) >= 11 is 0. The minimum absolute atomic E-state index is 0.113. The van der Waals surface area contributed by atoms with Gasteiger partial charge in [0.2, 0.25) is 5.91 Å². The monoisotopic (exact) mass is 413 g/mol. The van der Waals surface area contributed by atoms with E-state index in [1.54, 1.807) is 17.0 Å². The van der Waals surface area contributed by atoms with Gasteiger partial charge in [-0.05, 0) is 32.0 Å². The summed E-state index contributed by atoms with van der Waals surface area (Å²) in [6.45, 7) is 7.08. The minimum Gasteiger partial charge on any atom is -0.492 e. The summed E-state index contributed by atoms with van der Waals surface area (Å²) in [7, 11) is 0. The lowest BCUT2D eigenvalue weighted by atomic mass is 10.1. The maximum atomic E-state index is 12.7. The smallest absolute Gasteiger partial charge is 0.289 e. The van der Waals surface area contributed by atoms with Gasteiger partial charge in [0.1, 0.15) is 17.6 Å².